The average molecular weight is 759 g/mol. The standard InChI is InChI=1S/C54H66N2O/c1-35-31-45-46(32-36(35)2)51(56-49(45)40-21-27-43(28-22-40)54(9,10)11)47(34-57-30-29-37-15-13-12-14-16-37)50-44(38-17-23-41(24-18-38)52(3,4)5)33-48(55-50)39-19-25-42(26-20-39)53(6,7)8/h17-28,31-33,37,56H,12-16,29-30,34H2,1-11H3/b50-47-. The second kappa shape index (κ2) is 16.1. The molecule has 4 aromatic carbocycles. The number of H-pyrrole nitrogens is 1. The number of fused-ring (bicyclic) bond motifs is 1. The van der Waals surface area contributed by atoms with E-state index in [1.165, 1.54) is 81.8 Å². The van der Waals surface area contributed by atoms with E-state index < -0.39 is 0 Å². The number of aryl methyl sites for hydroxylation is 2. The van der Waals surface area contributed by atoms with Crippen LogP contribution in [0.25, 0.3) is 33.2 Å². The Kier molecular flexibility index (Phi) is 11.5. The topological polar surface area (TPSA) is 37.4 Å². The number of aromatic amines is 1. The Morgan fingerprint density at radius 2 is 1.12 bits per heavy atom. The summed E-state index contributed by atoms with van der Waals surface area (Å²) >= 11 is 0. The molecule has 0 radical (unpaired) electrons. The smallest absolute Gasteiger partial charge is 0.0792 e. The third-order valence-electron chi connectivity index (χ3n) is 12.6. The fourth-order valence-electron chi connectivity index (χ4n) is 8.56. The van der Waals surface area contributed by atoms with Crippen LogP contribution in [0, 0.1) is 19.8 Å². The highest BCUT2D eigenvalue weighted by Crippen LogP contribution is 2.42. The molecule has 298 valence electrons. The van der Waals surface area contributed by atoms with Crippen LogP contribution in [0.1, 0.15) is 145 Å². The monoisotopic (exact) mass is 759 g/mol. The lowest BCUT2D eigenvalue weighted by Gasteiger charge is -2.21. The van der Waals surface area contributed by atoms with E-state index in [9.17, 15) is 0 Å². The molecular weight excluding hydrogens is 693 g/mol. The Bertz CT molecular complexity index is 2300. The van der Waals surface area contributed by atoms with Gasteiger partial charge in [0, 0.05) is 34.1 Å². The first-order valence-corrected chi connectivity index (χ1v) is 21.5. The van der Waals surface area contributed by atoms with Gasteiger partial charge in [-0.1, -0.05) is 167 Å². The summed E-state index contributed by atoms with van der Waals surface area (Å²) < 4.78 is 6.80. The number of allylic oxidation sites excluding steroid dienone is 2. The van der Waals surface area contributed by atoms with Crippen LogP contribution in [-0.2, 0) is 21.0 Å². The maximum Gasteiger partial charge on any atom is 0.0792 e. The van der Waals surface area contributed by atoms with Gasteiger partial charge in [0.05, 0.1) is 29.4 Å². The Morgan fingerprint density at radius 3 is 1.65 bits per heavy atom. The minimum absolute atomic E-state index is 0.0652. The molecule has 3 nitrogen and oxygen atoms in total. The van der Waals surface area contributed by atoms with Crippen LogP contribution in [-0.4, -0.2) is 23.9 Å². The number of hydrogen-bond donors (Lipinski definition) is 1. The zero-order valence-corrected chi connectivity index (χ0v) is 36.7. The van der Waals surface area contributed by atoms with Crippen molar-refractivity contribution in [2.75, 3.05) is 13.2 Å². The largest absolute Gasteiger partial charge is 0.377 e. The first-order chi connectivity index (χ1) is 27.0. The maximum absolute atomic E-state index is 6.80. The molecule has 57 heavy (non-hydrogen) atoms. The molecule has 0 bridgehead atoms. The molecule has 3 heteroatoms. The van der Waals surface area contributed by atoms with Gasteiger partial charge in [-0.25, -0.2) is 4.99 Å². The van der Waals surface area contributed by atoms with Gasteiger partial charge in [-0.3, -0.25) is 0 Å². The van der Waals surface area contributed by atoms with Gasteiger partial charge in [-0.05, 0) is 99.6 Å². The van der Waals surface area contributed by atoms with E-state index in [0.717, 1.165) is 58.5 Å². The SMILES string of the molecule is Cc1cc2c(/C(COCCC3CCCCC3)=C3\N=C(c4ccc(C(C)(C)C)cc4)C=C3c3ccc(C(C)(C)C)cc3)[nH]c(-c3ccc(C(C)(C)C)cc3)c2cc1C. The molecule has 1 N–H and O–H groups in total. The number of hydrogen-bond acceptors (Lipinski definition) is 2. The molecule has 1 aliphatic carbocycles. The van der Waals surface area contributed by atoms with E-state index in [-0.39, 0.29) is 16.2 Å². The summed E-state index contributed by atoms with van der Waals surface area (Å²) in [4.78, 5) is 9.63. The highest BCUT2D eigenvalue weighted by atomic mass is 16.5. The van der Waals surface area contributed by atoms with Gasteiger partial charge in [0.15, 0.2) is 0 Å². The van der Waals surface area contributed by atoms with Crippen molar-refractivity contribution < 1.29 is 4.74 Å². The molecule has 1 aliphatic heterocycles. The van der Waals surface area contributed by atoms with Crippen molar-refractivity contribution >= 4 is 27.6 Å². The fourth-order valence-corrected chi connectivity index (χ4v) is 8.56. The molecule has 1 saturated carbocycles. The lowest BCUT2D eigenvalue weighted by molar-refractivity contribution is 0.141. The Morgan fingerprint density at radius 1 is 0.632 bits per heavy atom. The van der Waals surface area contributed by atoms with Gasteiger partial charge in [0.1, 0.15) is 0 Å². The normalized spacial score (nSPS) is 16.6. The van der Waals surface area contributed by atoms with Gasteiger partial charge in [0.2, 0.25) is 0 Å². The molecule has 0 saturated heterocycles. The summed E-state index contributed by atoms with van der Waals surface area (Å²) in [6, 6.07) is 32.1. The van der Waals surface area contributed by atoms with Crippen molar-refractivity contribution in [1.82, 2.24) is 4.98 Å². The van der Waals surface area contributed by atoms with Crippen LogP contribution in [0.15, 0.2) is 102 Å². The summed E-state index contributed by atoms with van der Waals surface area (Å²) in [7, 11) is 0. The number of rotatable bonds is 9. The van der Waals surface area contributed by atoms with Gasteiger partial charge in [-0.2, -0.15) is 0 Å². The molecule has 2 aliphatic rings. The van der Waals surface area contributed by atoms with E-state index in [1.807, 2.05) is 0 Å². The molecule has 0 unspecified atom stereocenters. The zero-order chi connectivity index (χ0) is 40.7. The Balaban J connectivity index is 1.42. The highest BCUT2D eigenvalue weighted by molar-refractivity contribution is 6.20. The molecule has 0 amide bonds. The predicted molar refractivity (Wildman–Crippen MR) is 246 cm³/mol. The number of aromatic nitrogens is 1. The summed E-state index contributed by atoms with van der Waals surface area (Å²) in [5.41, 5.74) is 16.7. The summed E-state index contributed by atoms with van der Waals surface area (Å²) in [6.45, 7) is 26.2. The van der Waals surface area contributed by atoms with Crippen LogP contribution in [0.4, 0.5) is 0 Å². The molecule has 1 fully saturated rings. The molecule has 1 aromatic heterocycles. The maximum atomic E-state index is 6.80. The molecule has 0 atom stereocenters. The average Bonchev–Trinajstić information content (AvgIpc) is 3.77. The number of benzene rings is 4. The third-order valence-corrected chi connectivity index (χ3v) is 12.6. The van der Waals surface area contributed by atoms with Crippen LogP contribution < -0.4 is 0 Å². The van der Waals surface area contributed by atoms with E-state index in [0.29, 0.717) is 6.61 Å². The number of aliphatic imine (C=N–C) groups is 1. The van der Waals surface area contributed by atoms with Crippen LogP contribution in [0.2, 0.25) is 0 Å². The summed E-state index contributed by atoms with van der Waals surface area (Å²) in [5.74, 6) is 0.762. The minimum Gasteiger partial charge on any atom is -0.377 e. The van der Waals surface area contributed by atoms with E-state index in [1.54, 1.807) is 0 Å². The Labute approximate surface area is 343 Å². The van der Waals surface area contributed by atoms with Gasteiger partial charge in [-0.15, -0.1) is 0 Å². The van der Waals surface area contributed by atoms with E-state index >= 15 is 0 Å². The summed E-state index contributed by atoms with van der Waals surface area (Å²) in [5, 5.41) is 2.45. The molecule has 2 heterocycles. The van der Waals surface area contributed by atoms with Crippen molar-refractivity contribution in [1.29, 1.82) is 0 Å². The van der Waals surface area contributed by atoms with Gasteiger partial charge < -0.3 is 9.72 Å². The predicted octanol–water partition coefficient (Wildman–Crippen LogP) is 14.6. The van der Waals surface area contributed by atoms with Crippen LogP contribution >= 0.6 is 0 Å². The number of nitrogens with one attached hydrogen (secondary N) is 1. The summed E-state index contributed by atoms with van der Waals surface area (Å²) in [6.07, 6.45) is 10.2. The van der Waals surface area contributed by atoms with Crippen molar-refractivity contribution in [3.8, 4) is 11.3 Å². The molecular formula is C54H66N2O. The van der Waals surface area contributed by atoms with Crippen LogP contribution in [0.3, 0.4) is 0 Å². The zero-order valence-electron chi connectivity index (χ0n) is 36.7. The number of nitrogens with zero attached hydrogens (tertiary/aromatic N) is 1. The first kappa shape index (κ1) is 40.7. The van der Waals surface area contributed by atoms with Gasteiger partial charge >= 0.3 is 0 Å². The second-order valence-corrected chi connectivity index (χ2v) is 20.1. The molecule has 0 spiro atoms. The minimum atomic E-state index is 0.0652. The first-order valence-electron chi connectivity index (χ1n) is 21.5. The number of ether oxygens (including phenoxy) is 1. The van der Waals surface area contributed by atoms with E-state index in [4.69, 9.17) is 9.73 Å². The van der Waals surface area contributed by atoms with Crippen molar-refractivity contribution in [2.45, 2.75) is 131 Å². The molecule has 7 rings (SSSR count). The van der Waals surface area contributed by atoms with Gasteiger partial charge in [0.25, 0.3) is 0 Å². The third kappa shape index (κ3) is 9.00. The van der Waals surface area contributed by atoms with E-state index in [2.05, 4.69) is 172 Å². The van der Waals surface area contributed by atoms with Crippen LogP contribution in [0.5, 0.6) is 0 Å². The lowest BCUT2D eigenvalue weighted by Crippen LogP contribution is -2.11. The highest BCUT2D eigenvalue weighted by Gasteiger charge is 2.27. The van der Waals surface area contributed by atoms with Crippen molar-refractivity contribution in [3.05, 3.63) is 141 Å². The quantitative estimate of drug-likeness (QED) is 0.149. The lowest BCUT2D eigenvalue weighted by atomic mass is 9.85. The van der Waals surface area contributed by atoms with Crippen molar-refractivity contribution in [3.63, 3.8) is 0 Å². The second-order valence-electron chi connectivity index (χ2n) is 20.1. The Hall–Kier alpha value is -4.47. The molecule has 5 aromatic rings. The fraction of sp³-hybridized carbons (Fsp3) is 0.426. The van der Waals surface area contributed by atoms with Crippen molar-refractivity contribution in [2.24, 2.45) is 10.9 Å².